The van der Waals surface area contributed by atoms with Gasteiger partial charge < -0.3 is 5.32 Å². The highest BCUT2D eigenvalue weighted by Crippen LogP contribution is 2.03. The second-order valence-electron chi connectivity index (χ2n) is 3.36. The first-order valence-electron chi connectivity index (χ1n) is 4.77. The zero-order valence-corrected chi connectivity index (χ0v) is 8.81. The highest BCUT2D eigenvalue weighted by Gasteiger charge is 2.00. The molecular weight excluding hydrogens is 190 g/mol. The Kier molecular flexibility index (Phi) is 2.73. The van der Waals surface area contributed by atoms with Crippen LogP contribution < -0.4 is 5.32 Å². The molecule has 78 valence electrons. The maximum absolute atomic E-state index is 4.28. The Morgan fingerprint density at radius 3 is 2.67 bits per heavy atom. The van der Waals surface area contributed by atoms with Gasteiger partial charge in [-0.15, -0.1) is 0 Å². The van der Waals surface area contributed by atoms with Gasteiger partial charge in [-0.3, -0.25) is 4.98 Å². The van der Waals surface area contributed by atoms with Crippen molar-refractivity contribution in [3.63, 3.8) is 0 Å². The van der Waals surface area contributed by atoms with Gasteiger partial charge in [-0.2, -0.15) is 5.10 Å². The molecule has 5 nitrogen and oxygen atoms in total. The smallest absolute Gasteiger partial charge is 0.171 e. The molecule has 0 radical (unpaired) electrons. The maximum Gasteiger partial charge on any atom is 0.171 e. The largest absolute Gasteiger partial charge is 0.314 e. The molecule has 15 heavy (non-hydrogen) atoms. The number of nitrogens with one attached hydrogen (secondary N) is 1. The normalized spacial score (nSPS) is 10.5. The van der Waals surface area contributed by atoms with Crippen molar-refractivity contribution in [2.45, 2.75) is 13.5 Å². The van der Waals surface area contributed by atoms with E-state index >= 15 is 0 Å². The third-order valence-electron chi connectivity index (χ3n) is 2.00. The minimum atomic E-state index is 0.728. The van der Waals surface area contributed by atoms with E-state index in [4.69, 9.17) is 0 Å². The first-order valence-corrected chi connectivity index (χ1v) is 4.77. The Hall–Kier alpha value is -1.75. The molecule has 5 heteroatoms. The van der Waals surface area contributed by atoms with Crippen LogP contribution >= 0.6 is 0 Å². The first kappa shape index (κ1) is 9.79. The van der Waals surface area contributed by atoms with Crippen LogP contribution in [0.5, 0.6) is 0 Å². The van der Waals surface area contributed by atoms with Gasteiger partial charge in [0.05, 0.1) is 24.3 Å². The average molecular weight is 203 g/mol. The fraction of sp³-hybridized carbons (Fsp3) is 0.300. The summed E-state index contributed by atoms with van der Waals surface area (Å²) in [6.45, 7) is 2.72. The molecule has 0 aromatic carbocycles. The van der Waals surface area contributed by atoms with Crippen molar-refractivity contribution in [2.75, 3.05) is 7.05 Å². The number of nitrogens with zero attached hydrogens (tertiary/aromatic N) is 4. The van der Waals surface area contributed by atoms with Gasteiger partial charge in [0, 0.05) is 12.7 Å². The molecule has 1 N–H and O–H groups in total. The molecule has 0 fully saturated rings. The van der Waals surface area contributed by atoms with Crippen LogP contribution in [0.4, 0.5) is 0 Å². The Balaban J connectivity index is 2.23. The van der Waals surface area contributed by atoms with Crippen LogP contribution in [0.15, 0.2) is 24.8 Å². The maximum atomic E-state index is 4.28. The monoisotopic (exact) mass is 203 g/mol. The molecule has 0 saturated heterocycles. The molecule has 0 aliphatic heterocycles. The second kappa shape index (κ2) is 4.18. The number of hydrogen-bond donors (Lipinski definition) is 1. The third kappa shape index (κ3) is 2.19. The van der Waals surface area contributed by atoms with E-state index in [-0.39, 0.29) is 0 Å². The predicted octanol–water partition coefficient (Wildman–Crippen LogP) is 0.690. The summed E-state index contributed by atoms with van der Waals surface area (Å²) >= 11 is 0. The van der Waals surface area contributed by atoms with Gasteiger partial charge in [0.15, 0.2) is 5.82 Å². The Labute approximate surface area is 88.2 Å². The zero-order chi connectivity index (χ0) is 10.7. The number of hydrogen-bond acceptors (Lipinski definition) is 4. The molecule has 0 aliphatic carbocycles. The molecule has 0 saturated carbocycles. The van der Waals surface area contributed by atoms with Crippen molar-refractivity contribution in [2.24, 2.45) is 0 Å². The van der Waals surface area contributed by atoms with E-state index in [2.05, 4.69) is 20.4 Å². The molecule has 0 unspecified atom stereocenters. The van der Waals surface area contributed by atoms with Gasteiger partial charge >= 0.3 is 0 Å². The lowest BCUT2D eigenvalue weighted by Crippen LogP contribution is -2.08. The molecule has 0 spiro atoms. The lowest BCUT2D eigenvalue weighted by Gasteiger charge is -2.01. The topological polar surface area (TPSA) is 55.6 Å². The second-order valence-corrected chi connectivity index (χ2v) is 3.36. The van der Waals surface area contributed by atoms with Crippen LogP contribution in [0.25, 0.3) is 5.82 Å². The Bertz CT molecular complexity index is 431. The van der Waals surface area contributed by atoms with Crippen molar-refractivity contribution >= 4 is 0 Å². The Morgan fingerprint density at radius 2 is 2.13 bits per heavy atom. The molecule has 0 bridgehead atoms. The fourth-order valence-corrected chi connectivity index (χ4v) is 1.28. The summed E-state index contributed by atoms with van der Waals surface area (Å²) in [5.74, 6) is 0.739. The SMILES string of the molecule is CNCc1cnc(-n2cc(C)cn2)cn1. The molecule has 2 heterocycles. The number of aryl methyl sites for hydroxylation is 1. The lowest BCUT2D eigenvalue weighted by atomic mass is 10.4. The van der Waals surface area contributed by atoms with Gasteiger partial charge in [-0.1, -0.05) is 0 Å². The highest BCUT2D eigenvalue weighted by molar-refractivity contribution is 5.19. The van der Waals surface area contributed by atoms with E-state index in [1.165, 1.54) is 0 Å². The van der Waals surface area contributed by atoms with Crippen molar-refractivity contribution < 1.29 is 0 Å². The highest BCUT2D eigenvalue weighted by atomic mass is 15.3. The molecule has 2 rings (SSSR count). The van der Waals surface area contributed by atoms with Crippen molar-refractivity contribution in [3.8, 4) is 5.82 Å². The van der Waals surface area contributed by atoms with Crippen LogP contribution in [0.3, 0.4) is 0 Å². The molecule has 0 atom stereocenters. The minimum absolute atomic E-state index is 0.728. The van der Waals surface area contributed by atoms with Gasteiger partial charge in [-0.25, -0.2) is 9.67 Å². The minimum Gasteiger partial charge on any atom is -0.314 e. The van der Waals surface area contributed by atoms with Crippen LogP contribution in [0.1, 0.15) is 11.3 Å². The van der Waals surface area contributed by atoms with Crippen molar-refractivity contribution in [1.29, 1.82) is 0 Å². The summed E-state index contributed by atoms with van der Waals surface area (Å²) in [4.78, 5) is 8.55. The summed E-state index contributed by atoms with van der Waals surface area (Å²) in [5, 5.41) is 7.18. The molecule has 0 aliphatic rings. The predicted molar refractivity (Wildman–Crippen MR) is 56.7 cm³/mol. The van der Waals surface area contributed by atoms with E-state index in [1.54, 1.807) is 23.3 Å². The van der Waals surface area contributed by atoms with E-state index in [0.29, 0.717) is 0 Å². The van der Waals surface area contributed by atoms with Gasteiger partial charge in [0.2, 0.25) is 0 Å². The summed E-state index contributed by atoms with van der Waals surface area (Å²) in [7, 11) is 1.88. The average Bonchev–Trinajstić information content (AvgIpc) is 2.67. The van der Waals surface area contributed by atoms with E-state index < -0.39 is 0 Å². The fourth-order valence-electron chi connectivity index (χ4n) is 1.28. The Morgan fingerprint density at radius 1 is 1.27 bits per heavy atom. The zero-order valence-electron chi connectivity index (χ0n) is 8.81. The van der Waals surface area contributed by atoms with Crippen LogP contribution in [-0.4, -0.2) is 26.8 Å². The van der Waals surface area contributed by atoms with Crippen LogP contribution in [0.2, 0.25) is 0 Å². The van der Waals surface area contributed by atoms with Crippen molar-refractivity contribution in [1.82, 2.24) is 25.1 Å². The van der Waals surface area contributed by atoms with Crippen molar-refractivity contribution in [3.05, 3.63) is 36.0 Å². The van der Waals surface area contributed by atoms with Gasteiger partial charge in [-0.05, 0) is 19.5 Å². The molecule has 2 aromatic rings. The lowest BCUT2D eigenvalue weighted by molar-refractivity contribution is 0.770. The summed E-state index contributed by atoms with van der Waals surface area (Å²) in [5.41, 5.74) is 2.03. The molecule has 0 amide bonds. The quantitative estimate of drug-likeness (QED) is 0.797. The first-order chi connectivity index (χ1) is 7.29. The van der Waals surface area contributed by atoms with E-state index in [9.17, 15) is 0 Å². The van der Waals surface area contributed by atoms with E-state index in [1.807, 2.05) is 20.2 Å². The standard InChI is InChI=1S/C10H13N5/c1-8-3-14-15(7-8)10-6-12-9(4-11-2)5-13-10/h3,5-7,11H,4H2,1-2H3. The van der Waals surface area contributed by atoms with E-state index in [0.717, 1.165) is 23.6 Å². The van der Waals surface area contributed by atoms with Crippen LogP contribution in [0, 0.1) is 6.92 Å². The molecule has 2 aromatic heterocycles. The van der Waals surface area contributed by atoms with Gasteiger partial charge in [0.25, 0.3) is 0 Å². The number of rotatable bonds is 3. The summed E-state index contributed by atoms with van der Waals surface area (Å²) in [6.07, 6.45) is 7.19. The number of aromatic nitrogens is 4. The van der Waals surface area contributed by atoms with Gasteiger partial charge in [0.1, 0.15) is 0 Å². The summed E-state index contributed by atoms with van der Waals surface area (Å²) in [6, 6.07) is 0. The third-order valence-corrected chi connectivity index (χ3v) is 2.00. The summed E-state index contributed by atoms with van der Waals surface area (Å²) < 4.78 is 1.71. The molecular formula is C10H13N5. The van der Waals surface area contributed by atoms with Crippen LogP contribution in [-0.2, 0) is 6.54 Å².